The number of aliphatic hydroxyl groups is 1. The fourth-order valence-corrected chi connectivity index (χ4v) is 7.44. The third-order valence-electron chi connectivity index (χ3n) is 8.82. The zero-order chi connectivity index (χ0) is 16.5. The number of hydrogen-bond donors (Lipinski definition) is 1. The Balaban J connectivity index is 1.71. The molecule has 0 aliphatic heterocycles. The number of ketones is 1. The highest BCUT2D eigenvalue weighted by Gasteiger charge is 2.63. The summed E-state index contributed by atoms with van der Waals surface area (Å²) in [4.78, 5) is 11.9. The Bertz CT molecular complexity index is 560. The Labute approximate surface area is 140 Å². The average molecular weight is 316 g/mol. The van der Waals surface area contributed by atoms with E-state index in [0.717, 1.165) is 43.9 Å². The zero-order valence-electron chi connectivity index (χ0n) is 15.0. The molecule has 0 unspecified atom stereocenters. The standard InChI is InChI=1S/C21H32O2/c1-4-21-12-9-17-16(18(21)8-11-20(21,3)23)6-5-14-13-15(22)7-10-19(14,17)2/h13,16-18,23H,4-12H2,1-3H3/t16-,17+,18+,19-,20+,21-/m0/s1. The molecule has 0 aromatic rings. The lowest BCUT2D eigenvalue weighted by Crippen LogP contribution is -2.55. The van der Waals surface area contributed by atoms with E-state index in [1.54, 1.807) is 0 Å². The molecule has 128 valence electrons. The van der Waals surface area contributed by atoms with Crippen molar-refractivity contribution in [3.63, 3.8) is 0 Å². The van der Waals surface area contributed by atoms with Crippen molar-refractivity contribution in [2.75, 3.05) is 0 Å². The van der Waals surface area contributed by atoms with Crippen LogP contribution in [0.2, 0.25) is 0 Å². The van der Waals surface area contributed by atoms with Gasteiger partial charge in [0, 0.05) is 11.8 Å². The van der Waals surface area contributed by atoms with E-state index in [-0.39, 0.29) is 10.8 Å². The predicted molar refractivity (Wildman–Crippen MR) is 92.0 cm³/mol. The topological polar surface area (TPSA) is 37.3 Å². The summed E-state index contributed by atoms with van der Waals surface area (Å²) in [6.45, 7) is 6.84. The van der Waals surface area contributed by atoms with Crippen LogP contribution in [0.3, 0.4) is 0 Å². The number of fused-ring (bicyclic) bond motifs is 5. The van der Waals surface area contributed by atoms with Gasteiger partial charge in [0.05, 0.1) is 5.60 Å². The molecule has 2 heteroatoms. The first kappa shape index (κ1) is 15.9. The fraction of sp³-hybridized carbons (Fsp3) is 0.857. The maximum Gasteiger partial charge on any atom is 0.155 e. The van der Waals surface area contributed by atoms with Gasteiger partial charge in [0.1, 0.15) is 0 Å². The van der Waals surface area contributed by atoms with Crippen molar-refractivity contribution in [2.45, 2.75) is 84.2 Å². The highest BCUT2D eigenvalue weighted by Crippen LogP contribution is 2.68. The lowest BCUT2D eigenvalue weighted by atomic mass is 9.46. The molecule has 0 bridgehead atoms. The second kappa shape index (κ2) is 4.94. The number of carbonyl (C=O) groups is 1. The van der Waals surface area contributed by atoms with Gasteiger partial charge >= 0.3 is 0 Å². The molecule has 4 aliphatic carbocycles. The zero-order valence-corrected chi connectivity index (χ0v) is 15.0. The van der Waals surface area contributed by atoms with Gasteiger partial charge in [0.25, 0.3) is 0 Å². The second-order valence-electron chi connectivity index (χ2n) is 9.33. The third-order valence-corrected chi connectivity index (χ3v) is 8.82. The molecule has 1 N–H and O–H groups in total. The maximum absolute atomic E-state index is 11.9. The van der Waals surface area contributed by atoms with E-state index in [9.17, 15) is 9.90 Å². The molecule has 2 nitrogen and oxygen atoms in total. The van der Waals surface area contributed by atoms with Crippen LogP contribution in [0.1, 0.15) is 78.6 Å². The van der Waals surface area contributed by atoms with Gasteiger partial charge in [-0.05, 0) is 87.5 Å². The molecule has 0 spiro atoms. The van der Waals surface area contributed by atoms with Gasteiger partial charge in [-0.3, -0.25) is 4.79 Å². The van der Waals surface area contributed by atoms with Crippen molar-refractivity contribution >= 4 is 5.78 Å². The maximum atomic E-state index is 11.9. The van der Waals surface area contributed by atoms with Gasteiger partial charge in [-0.2, -0.15) is 0 Å². The summed E-state index contributed by atoms with van der Waals surface area (Å²) in [6.07, 6.45) is 11.9. The molecule has 6 atom stereocenters. The van der Waals surface area contributed by atoms with Gasteiger partial charge in [-0.1, -0.05) is 19.4 Å². The van der Waals surface area contributed by atoms with E-state index in [4.69, 9.17) is 0 Å². The fourth-order valence-electron chi connectivity index (χ4n) is 7.44. The van der Waals surface area contributed by atoms with E-state index in [2.05, 4.69) is 20.8 Å². The summed E-state index contributed by atoms with van der Waals surface area (Å²) in [5, 5.41) is 11.1. The van der Waals surface area contributed by atoms with Gasteiger partial charge in [-0.15, -0.1) is 0 Å². The van der Waals surface area contributed by atoms with Crippen LogP contribution in [0.25, 0.3) is 0 Å². The molecule has 0 saturated heterocycles. The van der Waals surface area contributed by atoms with Crippen molar-refractivity contribution in [1.29, 1.82) is 0 Å². The molecule has 3 fully saturated rings. The summed E-state index contributed by atoms with van der Waals surface area (Å²) in [6, 6.07) is 0. The van der Waals surface area contributed by atoms with E-state index in [1.165, 1.54) is 31.3 Å². The Morgan fingerprint density at radius 1 is 1.09 bits per heavy atom. The summed E-state index contributed by atoms with van der Waals surface area (Å²) in [7, 11) is 0. The molecule has 0 aromatic heterocycles. The van der Waals surface area contributed by atoms with Crippen molar-refractivity contribution in [3.8, 4) is 0 Å². The Morgan fingerprint density at radius 2 is 1.83 bits per heavy atom. The Morgan fingerprint density at radius 3 is 2.57 bits per heavy atom. The van der Waals surface area contributed by atoms with Crippen LogP contribution in [0.5, 0.6) is 0 Å². The molecular formula is C21H32O2. The Hall–Kier alpha value is -0.630. The van der Waals surface area contributed by atoms with Crippen LogP contribution < -0.4 is 0 Å². The molecule has 0 heterocycles. The van der Waals surface area contributed by atoms with Crippen molar-refractivity contribution in [3.05, 3.63) is 11.6 Å². The first-order chi connectivity index (χ1) is 10.8. The number of allylic oxidation sites excluding steroid dienone is 1. The predicted octanol–water partition coefficient (Wildman–Crippen LogP) is 4.66. The minimum atomic E-state index is -0.475. The number of rotatable bonds is 1. The van der Waals surface area contributed by atoms with Crippen LogP contribution in [-0.4, -0.2) is 16.5 Å². The van der Waals surface area contributed by atoms with Crippen LogP contribution >= 0.6 is 0 Å². The monoisotopic (exact) mass is 316 g/mol. The number of hydrogen-bond acceptors (Lipinski definition) is 2. The lowest BCUT2D eigenvalue weighted by Gasteiger charge is -2.59. The van der Waals surface area contributed by atoms with Gasteiger partial charge in [0.2, 0.25) is 0 Å². The van der Waals surface area contributed by atoms with Crippen molar-refractivity contribution < 1.29 is 9.90 Å². The molecule has 0 radical (unpaired) electrons. The van der Waals surface area contributed by atoms with E-state index in [1.807, 2.05) is 6.08 Å². The minimum absolute atomic E-state index is 0.149. The van der Waals surface area contributed by atoms with Gasteiger partial charge < -0.3 is 5.11 Å². The largest absolute Gasteiger partial charge is 0.390 e. The summed E-state index contributed by atoms with van der Waals surface area (Å²) < 4.78 is 0. The molecular weight excluding hydrogens is 284 g/mol. The van der Waals surface area contributed by atoms with E-state index >= 15 is 0 Å². The van der Waals surface area contributed by atoms with Crippen LogP contribution in [0, 0.1) is 28.6 Å². The second-order valence-corrected chi connectivity index (χ2v) is 9.33. The van der Waals surface area contributed by atoms with Crippen LogP contribution in [-0.2, 0) is 4.79 Å². The summed E-state index contributed by atoms with van der Waals surface area (Å²) in [5.41, 5.74) is 1.38. The highest BCUT2D eigenvalue weighted by molar-refractivity contribution is 5.91. The van der Waals surface area contributed by atoms with E-state index < -0.39 is 5.60 Å². The SMILES string of the molecule is CC[C@]12CC[C@@H]3[C@H](CCC4=CC(=O)CC[C@@]43C)[C@H]1CC[C@@]2(C)O. The molecule has 4 rings (SSSR count). The molecule has 4 aliphatic rings. The first-order valence-corrected chi connectivity index (χ1v) is 9.80. The highest BCUT2D eigenvalue weighted by atomic mass is 16.3. The van der Waals surface area contributed by atoms with Crippen molar-refractivity contribution in [2.24, 2.45) is 28.6 Å². The van der Waals surface area contributed by atoms with Gasteiger partial charge in [0.15, 0.2) is 5.78 Å². The molecule has 3 saturated carbocycles. The normalized spacial score (nSPS) is 52.4. The average Bonchev–Trinajstić information content (AvgIpc) is 2.80. The van der Waals surface area contributed by atoms with Crippen molar-refractivity contribution in [1.82, 2.24) is 0 Å². The molecule has 23 heavy (non-hydrogen) atoms. The summed E-state index contributed by atoms with van der Waals surface area (Å²) in [5.74, 6) is 2.53. The number of carbonyl (C=O) groups excluding carboxylic acids is 1. The van der Waals surface area contributed by atoms with Crippen LogP contribution in [0.4, 0.5) is 0 Å². The molecule has 0 aromatic carbocycles. The Kier molecular flexibility index (Phi) is 3.41. The van der Waals surface area contributed by atoms with Crippen LogP contribution in [0.15, 0.2) is 11.6 Å². The molecule has 0 amide bonds. The minimum Gasteiger partial charge on any atom is -0.390 e. The smallest absolute Gasteiger partial charge is 0.155 e. The van der Waals surface area contributed by atoms with E-state index in [0.29, 0.717) is 11.7 Å². The van der Waals surface area contributed by atoms with Gasteiger partial charge in [-0.25, -0.2) is 0 Å². The quantitative estimate of drug-likeness (QED) is 0.764. The first-order valence-electron chi connectivity index (χ1n) is 9.80. The summed E-state index contributed by atoms with van der Waals surface area (Å²) >= 11 is 0. The lowest BCUT2D eigenvalue weighted by molar-refractivity contribution is -0.132. The third kappa shape index (κ3) is 1.94.